The van der Waals surface area contributed by atoms with Crippen LogP contribution in [0.3, 0.4) is 0 Å². The second-order valence-corrected chi connectivity index (χ2v) is 13.0. The first-order valence-corrected chi connectivity index (χ1v) is 15.4. The van der Waals surface area contributed by atoms with Gasteiger partial charge in [-0.25, -0.2) is 4.79 Å². The average Bonchev–Trinajstić information content (AvgIpc) is 3.48. The predicted octanol–water partition coefficient (Wildman–Crippen LogP) is 2.74. The van der Waals surface area contributed by atoms with Gasteiger partial charge in [0.1, 0.15) is 11.6 Å². The highest BCUT2D eigenvalue weighted by molar-refractivity contribution is 6.41. The second-order valence-electron chi connectivity index (χ2n) is 12.6. The van der Waals surface area contributed by atoms with Gasteiger partial charge in [0.25, 0.3) is 0 Å². The maximum atomic E-state index is 13.4. The molecule has 44 heavy (non-hydrogen) atoms. The van der Waals surface area contributed by atoms with Crippen molar-refractivity contribution in [2.75, 3.05) is 68.0 Å². The van der Waals surface area contributed by atoms with E-state index in [2.05, 4.69) is 4.90 Å². The lowest BCUT2D eigenvalue weighted by atomic mass is 10.0. The highest BCUT2D eigenvalue weighted by Crippen LogP contribution is 2.30. The smallest absolute Gasteiger partial charge is 0.329 e. The van der Waals surface area contributed by atoms with E-state index in [4.69, 9.17) is 26.8 Å². The van der Waals surface area contributed by atoms with Gasteiger partial charge in [0.15, 0.2) is 0 Å². The molecule has 3 saturated heterocycles. The van der Waals surface area contributed by atoms with Crippen LogP contribution in [0.4, 0.5) is 17.1 Å². The van der Waals surface area contributed by atoms with Gasteiger partial charge in [-0.1, -0.05) is 23.7 Å². The van der Waals surface area contributed by atoms with Gasteiger partial charge >= 0.3 is 17.8 Å². The van der Waals surface area contributed by atoms with E-state index in [0.29, 0.717) is 35.4 Å². The Kier molecular flexibility index (Phi) is 9.48. The third-order valence-corrected chi connectivity index (χ3v) is 8.34. The fourth-order valence-electron chi connectivity index (χ4n) is 5.90. The molecule has 11 nitrogen and oxygen atoms in total. The van der Waals surface area contributed by atoms with Crippen molar-refractivity contribution in [1.82, 2.24) is 9.80 Å². The highest BCUT2D eigenvalue weighted by Gasteiger charge is 2.42. The third kappa shape index (κ3) is 7.34. The van der Waals surface area contributed by atoms with E-state index < -0.39 is 29.4 Å². The van der Waals surface area contributed by atoms with Gasteiger partial charge < -0.3 is 29.9 Å². The Morgan fingerprint density at radius 2 is 1.75 bits per heavy atom. The molecule has 0 aromatic heterocycles. The molecular formula is C32H40ClN5O6. The van der Waals surface area contributed by atoms with Gasteiger partial charge in [-0.15, -0.1) is 0 Å². The normalized spacial score (nSPS) is 20.8. The Balaban J connectivity index is 1.29. The topological polar surface area (TPSA) is 126 Å². The summed E-state index contributed by atoms with van der Waals surface area (Å²) in [5.74, 6) is -1.70. The van der Waals surface area contributed by atoms with Crippen molar-refractivity contribution in [3.8, 4) is 0 Å². The van der Waals surface area contributed by atoms with E-state index in [9.17, 15) is 19.2 Å². The number of hydrogen-bond donors (Lipinski definition) is 1. The molecule has 2 N–H and O–H groups in total. The summed E-state index contributed by atoms with van der Waals surface area (Å²) in [6, 6.07) is 11.1. The Bertz CT molecular complexity index is 1400. The lowest BCUT2D eigenvalue weighted by molar-refractivity contribution is -0.166. The van der Waals surface area contributed by atoms with Crippen LogP contribution in [-0.4, -0.2) is 97.6 Å². The molecule has 3 aliphatic rings. The van der Waals surface area contributed by atoms with Crippen LogP contribution < -0.4 is 15.5 Å². The maximum Gasteiger partial charge on any atom is 0.329 e. The molecule has 3 heterocycles. The molecule has 12 heteroatoms. The largest absolute Gasteiger partial charge is 0.458 e. The minimum atomic E-state index is -1.03. The van der Waals surface area contributed by atoms with Crippen molar-refractivity contribution in [3.63, 3.8) is 0 Å². The molecule has 0 aliphatic carbocycles. The minimum Gasteiger partial charge on any atom is -0.458 e. The van der Waals surface area contributed by atoms with Crippen molar-refractivity contribution in [2.24, 2.45) is 5.92 Å². The van der Waals surface area contributed by atoms with Gasteiger partial charge in [0.2, 0.25) is 5.91 Å². The number of carbonyl (C=O) groups is 4. The molecular weight excluding hydrogens is 586 g/mol. The van der Waals surface area contributed by atoms with E-state index in [0.717, 1.165) is 44.0 Å². The maximum absolute atomic E-state index is 13.4. The minimum absolute atomic E-state index is 0.0388. The zero-order valence-corrected chi connectivity index (χ0v) is 26.2. The zero-order valence-electron chi connectivity index (χ0n) is 25.5. The van der Waals surface area contributed by atoms with Crippen molar-refractivity contribution in [2.45, 2.75) is 45.3 Å². The summed E-state index contributed by atoms with van der Waals surface area (Å²) in [6.07, 6.45) is 1.17. The summed E-state index contributed by atoms with van der Waals surface area (Å²) >= 11 is 6.12. The number of hydrogen-bond acceptors (Lipinski definition) is 8. The van der Waals surface area contributed by atoms with Gasteiger partial charge in [-0.2, -0.15) is 0 Å². The summed E-state index contributed by atoms with van der Waals surface area (Å²) < 4.78 is 11.2. The first-order chi connectivity index (χ1) is 20.9. The third-order valence-electron chi connectivity index (χ3n) is 8.11. The molecule has 1 unspecified atom stereocenters. The standard InChI is InChI=1S/C32H40ClN5O6/c1-32(2,3)44-31(42)27(38-14-13-37(29(40)30(38)41)26-17-23(33)6-9-25(26)34)16-21-4-7-24(8-5-21)36-12-11-35(19-28(36)39)18-22-10-15-43-20-22/h4-9,17,22,27H,10-16,18-20,34H2,1-3H3/t22?,27-/m0/s1. The predicted molar refractivity (Wildman–Crippen MR) is 167 cm³/mol. The van der Waals surface area contributed by atoms with Gasteiger partial charge in [-0.05, 0) is 69.0 Å². The second kappa shape index (κ2) is 13.1. The number of ether oxygens (including phenoxy) is 2. The molecule has 3 fully saturated rings. The number of amides is 3. The number of carbonyl (C=O) groups excluding carboxylic acids is 4. The van der Waals surface area contributed by atoms with E-state index in [-0.39, 0.29) is 25.4 Å². The first-order valence-electron chi connectivity index (χ1n) is 15.0. The number of piperazine rings is 2. The fourth-order valence-corrected chi connectivity index (χ4v) is 6.06. The summed E-state index contributed by atoms with van der Waals surface area (Å²) in [7, 11) is 0. The zero-order chi connectivity index (χ0) is 31.6. The SMILES string of the molecule is CC(C)(C)OC(=O)[C@H](Cc1ccc(N2CCN(CC3CCOC3)CC2=O)cc1)N1CCN(c2cc(Cl)ccc2N)C(=O)C1=O. The van der Waals surface area contributed by atoms with E-state index in [1.165, 1.54) is 9.80 Å². The number of halogens is 1. The first kappa shape index (κ1) is 31.7. The lowest BCUT2D eigenvalue weighted by Crippen LogP contribution is -2.60. The van der Waals surface area contributed by atoms with Crippen molar-refractivity contribution >= 4 is 52.4 Å². The number of nitrogens with zero attached hydrogens (tertiary/aromatic N) is 4. The van der Waals surface area contributed by atoms with Crippen molar-refractivity contribution in [1.29, 1.82) is 0 Å². The summed E-state index contributed by atoms with van der Waals surface area (Å²) in [6.45, 7) is 9.64. The van der Waals surface area contributed by atoms with Crippen LogP contribution >= 0.6 is 11.6 Å². The Hall–Kier alpha value is -3.67. The van der Waals surface area contributed by atoms with Crippen LogP contribution in [0.25, 0.3) is 0 Å². The number of rotatable bonds is 8. The van der Waals surface area contributed by atoms with Crippen LogP contribution in [0.5, 0.6) is 0 Å². The number of nitrogens with two attached hydrogens (primary N) is 1. The van der Waals surface area contributed by atoms with Crippen LogP contribution in [-0.2, 0) is 35.1 Å². The van der Waals surface area contributed by atoms with Gasteiger partial charge in [-0.3, -0.25) is 19.3 Å². The van der Waals surface area contributed by atoms with E-state index >= 15 is 0 Å². The van der Waals surface area contributed by atoms with Crippen LogP contribution in [0.2, 0.25) is 5.02 Å². The number of nitrogen functional groups attached to an aromatic ring is 1. The molecule has 236 valence electrons. The van der Waals surface area contributed by atoms with E-state index in [1.54, 1.807) is 43.9 Å². The molecule has 0 radical (unpaired) electrons. The molecule has 2 aromatic rings. The lowest BCUT2D eigenvalue weighted by Gasteiger charge is -2.38. The Morgan fingerprint density at radius 1 is 1.02 bits per heavy atom. The van der Waals surface area contributed by atoms with Crippen LogP contribution in [0.1, 0.15) is 32.8 Å². The molecule has 0 spiro atoms. The average molecular weight is 626 g/mol. The molecule has 3 aliphatic heterocycles. The molecule has 3 amide bonds. The molecule has 5 rings (SSSR count). The fraction of sp³-hybridized carbons (Fsp3) is 0.500. The monoisotopic (exact) mass is 625 g/mol. The molecule has 0 saturated carbocycles. The summed E-state index contributed by atoms with van der Waals surface area (Å²) in [5.41, 5.74) is 7.48. The van der Waals surface area contributed by atoms with Gasteiger partial charge in [0.05, 0.1) is 24.5 Å². The van der Waals surface area contributed by atoms with Crippen LogP contribution in [0, 0.1) is 5.92 Å². The summed E-state index contributed by atoms with van der Waals surface area (Å²) in [5, 5.41) is 0.384. The number of esters is 1. The Morgan fingerprint density at radius 3 is 2.41 bits per heavy atom. The Labute approximate surface area is 262 Å². The van der Waals surface area contributed by atoms with E-state index in [1.807, 2.05) is 24.3 Å². The number of benzene rings is 2. The van der Waals surface area contributed by atoms with Crippen molar-refractivity contribution in [3.05, 3.63) is 53.1 Å². The summed E-state index contributed by atoms with van der Waals surface area (Å²) in [4.78, 5) is 59.7. The van der Waals surface area contributed by atoms with Crippen molar-refractivity contribution < 1.29 is 28.7 Å². The highest BCUT2D eigenvalue weighted by atomic mass is 35.5. The van der Waals surface area contributed by atoms with Gasteiger partial charge in [0, 0.05) is 56.5 Å². The molecule has 2 atom stereocenters. The van der Waals surface area contributed by atoms with Crippen LogP contribution in [0.15, 0.2) is 42.5 Å². The molecule has 2 aromatic carbocycles. The molecule has 0 bridgehead atoms. The number of anilines is 3. The quantitative estimate of drug-likeness (QED) is 0.270.